The van der Waals surface area contributed by atoms with Crippen molar-refractivity contribution in [2.45, 2.75) is 19.8 Å². The van der Waals surface area contributed by atoms with Crippen LogP contribution in [-0.2, 0) is 6.42 Å². The van der Waals surface area contributed by atoms with E-state index in [1.807, 2.05) is 12.1 Å². The predicted molar refractivity (Wildman–Crippen MR) is 83.2 cm³/mol. The van der Waals surface area contributed by atoms with Crippen molar-refractivity contribution in [2.24, 2.45) is 0 Å². The standard InChI is InChI=1S/C14H12BrClN4/c1-2-3-13-19-12(16)7-14(20-13)18-11-6-10(15)5-4-9(11)8-17/h4-7H,2-3H2,1H3,(H,18,19,20). The smallest absolute Gasteiger partial charge is 0.135 e. The van der Waals surface area contributed by atoms with Gasteiger partial charge in [-0.3, -0.25) is 0 Å². The highest BCUT2D eigenvalue weighted by Crippen LogP contribution is 2.24. The zero-order valence-electron chi connectivity index (χ0n) is 10.8. The topological polar surface area (TPSA) is 61.6 Å². The molecular formula is C14H12BrClN4. The molecule has 0 bridgehead atoms. The van der Waals surface area contributed by atoms with Gasteiger partial charge in [0.05, 0.1) is 11.3 Å². The molecule has 2 aromatic rings. The zero-order valence-corrected chi connectivity index (χ0v) is 13.2. The number of nitriles is 1. The van der Waals surface area contributed by atoms with Gasteiger partial charge >= 0.3 is 0 Å². The minimum atomic E-state index is 0.388. The van der Waals surface area contributed by atoms with E-state index in [0.29, 0.717) is 28.0 Å². The highest BCUT2D eigenvalue weighted by atomic mass is 79.9. The van der Waals surface area contributed by atoms with Gasteiger partial charge in [-0.2, -0.15) is 5.26 Å². The Balaban J connectivity index is 2.35. The third kappa shape index (κ3) is 3.69. The number of anilines is 2. The average Bonchev–Trinajstić information content (AvgIpc) is 2.38. The van der Waals surface area contributed by atoms with Crippen LogP contribution in [0.25, 0.3) is 0 Å². The van der Waals surface area contributed by atoms with Crippen LogP contribution in [0.3, 0.4) is 0 Å². The molecule has 6 heteroatoms. The van der Waals surface area contributed by atoms with Gasteiger partial charge in [0, 0.05) is 17.0 Å². The molecule has 0 unspecified atom stereocenters. The average molecular weight is 352 g/mol. The fourth-order valence-electron chi connectivity index (χ4n) is 1.72. The number of benzene rings is 1. The van der Waals surface area contributed by atoms with Crippen molar-refractivity contribution in [3.05, 3.63) is 45.3 Å². The third-order valence-corrected chi connectivity index (χ3v) is 3.27. The molecule has 0 aliphatic carbocycles. The minimum Gasteiger partial charge on any atom is -0.339 e. The number of halogens is 2. The molecule has 1 aromatic carbocycles. The molecule has 0 saturated heterocycles. The fourth-order valence-corrected chi connectivity index (χ4v) is 2.28. The van der Waals surface area contributed by atoms with Gasteiger partial charge in [-0.15, -0.1) is 0 Å². The highest BCUT2D eigenvalue weighted by molar-refractivity contribution is 9.10. The second-order valence-electron chi connectivity index (χ2n) is 4.17. The highest BCUT2D eigenvalue weighted by Gasteiger charge is 2.07. The van der Waals surface area contributed by atoms with Crippen molar-refractivity contribution in [3.8, 4) is 6.07 Å². The number of aromatic nitrogens is 2. The van der Waals surface area contributed by atoms with Crippen LogP contribution in [0, 0.1) is 11.3 Å². The van der Waals surface area contributed by atoms with Crippen molar-refractivity contribution in [3.63, 3.8) is 0 Å². The van der Waals surface area contributed by atoms with E-state index in [1.54, 1.807) is 12.1 Å². The van der Waals surface area contributed by atoms with Gasteiger partial charge in [0.2, 0.25) is 0 Å². The van der Waals surface area contributed by atoms with Crippen LogP contribution in [0.4, 0.5) is 11.5 Å². The third-order valence-electron chi connectivity index (χ3n) is 2.58. The van der Waals surface area contributed by atoms with E-state index >= 15 is 0 Å². The summed E-state index contributed by atoms with van der Waals surface area (Å²) in [6, 6.07) is 9.16. The maximum atomic E-state index is 9.12. The van der Waals surface area contributed by atoms with Crippen molar-refractivity contribution >= 4 is 39.0 Å². The van der Waals surface area contributed by atoms with E-state index < -0.39 is 0 Å². The maximum Gasteiger partial charge on any atom is 0.135 e. The number of hydrogen-bond donors (Lipinski definition) is 1. The first-order valence-electron chi connectivity index (χ1n) is 6.12. The number of nitrogens with zero attached hydrogens (tertiary/aromatic N) is 3. The molecule has 0 radical (unpaired) electrons. The molecular weight excluding hydrogens is 340 g/mol. The molecule has 0 fully saturated rings. The molecule has 1 heterocycles. The Labute approximate surface area is 131 Å². The van der Waals surface area contributed by atoms with Crippen LogP contribution in [0.15, 0.2) is 28.7 Å². The normalized spacial score (nSPS) is 10.1. The zero-order chi connectivity index (χ0) is 14.5. The Bertz CT molecular complexity index is 667. The molecule has 4 nitrogen and oxygen atoms in total. The van der Waals surface area contributed by atoms with Gasteiger partial charge in [0.25, 0.3) is 0 Å². The Morgan fingerprint density at radius 2 is 2.15 bits per heavy atom. The van der Waals surface area contributed by atoms with E-state index in [4.69, 9.17) is 16.9 Å². The minimum absolute atomic E-state index is 0.388. The van der Waals surface area contributed by atoms with Gasteiger partial charge in [0.1, 0.15) is 22.9 Å². The summed E-state index contributed by atoms with van der Waals surface area (Å²) in [4.78, 5) is 8.56. The van der Waals surface area contributed by atoms with Crippen molar-refractivity contribution in [1.29, 1.82) is 5.26 Å². The summed E-state index contributed by atoms with van der Waals surface area (Å²) < 4.78 is 0.882. The van der Waals surface area contributed by atoms with Crippen molar-refractivity contribution in [2.75, 3.05) is 5.32 Å². The predicted octanol–water partition coefficient (Wildman–Crippen LogP) is 4.46. The van der Waals surface area contributed by atoms with E-state index in [0.717, 1.165) is 17.3 Å². The lowest BCUT2D eigenvalue weighted by molar-refractivity contribution is 0.837. The Kier molecular flexibility index (Phi) is 4.94. The first-order valence-corrected chi connectivity index (χ1v) is 7.29. The molecule has 1 aromatic heterocycles. The maximum absolute atomic E-state index is 9.12. The summed E-state index contributed by atoms with van der Waals surface area (Å²) in [6.45, 7) is 2.06. The first-order chi connectivity index (χ1) is 9.62. The number of nitrogens with one attached hydrogen (secondary N) is 1. The van der Waals surface area contributed by atoms with Gasteiger partial charge in [-0.1, -0.05) is 34.5 Å². The van der Waals surface area contributed by atoms with Crippen molar-refractivity contribution in [1.82, 2.24) is 9.97 Å². The Hall–Kier alpha value is -1.64. The second-order valence-corrected chi connectivity index (χ2v) is 5.47. The second kappa shape index (κ2) is 6.69. The molecule has 102 valence electrons. The molecule has 20 heavy (non-hydrogen) atoms. The Morgan fingerprint density at radius 3 is 2.85 bits per heavy atom. The number of aryl methyl sites for hydroxylation is 1. The molecule has 0 atom stereocenters. The number of hydrogen-bond acceptors (Lipinski definition) is 4. The van der Waals surface area contributed by atoms with Crippen LogP contribution >= 0.6 is 27.5 Å². The molecule has 0 aliphatic heterocycles. The molecule has 2 rings (SSSR count). The molecule has 1 N–H and O–H groups in total. The number of rotatable bonds is 4. The van der Waals surface area contributed by atoms with E-state index in [9.17, 15) is 0 Å². The van der Waals surface area contributed by atoms with Gasteiger partial charge in [-0.05, 0) is 24.6 Å². The summed E-state index contributed by atoms with van der Waals surface area (Å²) in [7, 11) is 0. The summed E-state index contributed by atoms with van der Waals surface area (Å²) in [5.74, 6) is 1.28. The van der Waals surface area contributed by atoms with Crippen LogP contribution in [0.1, 0.15) is 24.7 Å². The summed E-state index contributed by atoms with van der Waals surface area (Å²) in [5, 5.41) is 12.6. The largest absolute Gasteiger partial charge is 0.339 e. The first kappa shape index (κ1) is 14.8. The monoisotopic (exact) mass is 350 g/mol. The molecule has 0 saturated carbocycles. The molecule has 0 aliphatic rings. The Morgan fingerprint density at radius 1 is 1.35 bits per heavy atom. The summed E-state index contributed by atoms with van der Waals surface area (Å²) >= 11 is 9.38. The van der Waals surface area contributed by atoms with E-state index in [-0.39, 0.29) is 0 Å². The summed E-state index contributed by atoms with van der Waals surface area (Å²) in [6.07, 6.45) is 1.71. The van der Waals surface area contributed by atoms with Gasteiger partial charge in [-0.25, -0.2) is 9.97 Å². The van der Waals surface area contributed by atoms with E-state index in [1.165, 1.54) is 0 Å². The van der Waals surface area contributed by atoms with Crippen LogP contribution in [-0.4, -0.2) is 9.97 Å². The fraction of sp³-hybridized carbons (Fsp3) is 0.214. The quantitative estimate of drug-likeness (QED) is 0.826. The SMILES string of the molecule is CCCc1nc(Cl)cc(Nc2cc(Br)ccc2C#N)n1. The van der Waals surface area contributed by atoms with Gasteiger partial charge < -0.3 is 5.32 Å². The van der Waals surface area contributed by atoms with Crippen molar-refractivity contribution < 1.29 is 0 Å². The molecule has 0 amide bonds. The molecule has 0 spiro atoms. The van der Waals surface area contributed by atoms with Crippen LogP contribution in [0.2, 0.25) is 5.15 Å². The van der Waals surface area contributed by atoms with E-state index in [2.05, 4.69) is 44.2 Å². The lowest BCUT2D eigenvalue weighted by Gasteiger charge is -2.09. The lowest BCUT2D eigenvalue weighted by atomic mass is 10.2. The van der Waals surface area contributed by atoms with Crippen LogP contribution in [0.5, 0.6) is 0 Å². The lowest BCUT2D eigenvalue weighted by Crippen LogP contribution is -2.01. The van der Waals surface area contributed by atoms with Gasteiger partial charge in [0.15, 0.2) is 0 Å². The van der Waals surface area contributed by atoms with Crippen LogP contribution < -0.4 is 5.32 Å². The summed E-state index contributed by atoms with van der Waals surface area (Å²) in [5.41, 5.74) is 1.22.